The van der Waals surface area contributed by atoms with E-state index in [1.165, 1.54) is 16.9 Å². The van der Waals surface area contributed by atoms with Gasteiger partial charge in [0.15, 0.2) is 0 Å². The number of rotatable bonds is 4. The minimum absolute atomic E-state index is 0.0102. The van der Waals surface area contributed by atoms with Crippen LogP contribution in [0, 0.1) is 13.8 Å². The van der Waals surface area contributed by atoms with Crippen molar-refractivity contribution in [3.8, 4) is 0 Å². The SMILES string of the molecule is COC1(CNc2ncnc3sc(C)c(C)c23)CCC1. The van der Waals surface area contributed by atoms with Crippen LogP contribution in [0.1, 0.15) is 29.7 Å². The van der Waals surface area contributed by atoms with Gasteiger partial charge in [-0.15, -0.1) is 11.3 Å². The summed E-state index contributed by atoms with van der Waals surface area (Å²) in [6, 6.07) is 0. The highest BCUT2D eigenvalue weighted by molar-refractivity contribution is 7.18. The van der Waals surface area contributed by atoms with Crippen LogP contribution in [0.25, 0.3) is 10.2 Å². The predicted molar refractivity (Wildman–Crippen MR) is 79.0 cm³/mol. The van der Waals surface area contributed by atoms with Crippen LogP contribution in [0.5, 0.6) is 0 Å². The zero-order chi connectivity index (χ0) is 13.5. The van der Waals surface area contributed by atoms with Gasteiger partial charge in [-0.25, -0.2) is 9.97 Å². The Morgan fingerprint density at radius 1 is 1.37 bits per heavy atom. The maximum absolute atomic E-state index is 5.64. The molecule has 0 spiro atoms. The molecular weight excluding hydrogens is 258 g/mol. The fourth-order valence-electron chi connectivity index (χ4n) is 2.59. The highest BCUT2D eigenvalue weighted by Crippen LogP contribution is 2.36. The van der Waals surface area contributed by atoms with Crippen molar-refractivity contribution in [3.05, 3.63) is 16.8 Å². The summed E-state index contributed by atoms with van der Waals surface area (Å²) in [5, 5.41) is 4.63. The van der Waals surface area contributed by atoms with Crippen molar-refractivity contribution in [2.75, 3.05) is 19.0 Å². The Balaban J connectivity index is 1.88. The minimum atomic E-state index is 0.0102. The smallest absolute Gasteiger partial charge is 0.138 e. The van der Waals surface area contributed by atoms with Gasteiger partial charge in [-0.2, -0.15) is 0 Å². The quantitative estimate of drug-likeness (QED) is 0.931. The van der Waals surface area contributed by atoms with Crippen LogP contribution in [0.4, 0.5) is 5.82 Å². The second kappa shape index (κ2) is 4.72. The third-order valence-corrected chi connectivity index (χ3v) is 5.36. The summed E-state index contributed by atoms with van der Waals surface area (Å²) in [5.74, 6) is 0.940. The van der Waals surface area contributed by atoms with Crippen LogP contribution in [0.15, 0.2) is 6.33 Å². The number of ether oxygens (including phenoxy) is 1. The van der Waals surface area contributed by atoms with Crippen LogP contribution in [-0.2, 0) is 4.74 Å². The molecule has 0 radical (unpaired) electrons. The fourth-order valence-corrected chi connectivity index (χ4v) is 3.58. The Morgan fingerprint density at radius 2 is 2.16 bits per heavy atom. The molecule has 5 heteroatoms. The van der Waals surface area contributed by atoms with Gasteiger partial charge in [0.2, 0.25) is 0 Å². The number of thiophene rings is 1. The van der Waals surface area contributed by atoms with E-state index in [-0.39, 0.29) is 5.60 Å². The zero-order valence-corrected chi connectivity index (χ0v) is 12.4. The summed E-state index contributed by atoms with van der Waals surface area (Å²) in [6.45, 7) is 5.09. The summed E-state index contributed by atoms with van der Waals surface area (Å²) < 4.78 is 5.64. The van der Waals surface area contributed by atoms with Gasteiger partial charge in [-0.3, -0.25) is 0 Å². The Bertz CT molecular complexity index is 598. The first-order chi connectivity index (χ1) is 9.15. The molecule has 0 aliphatic heterocycles. The topological polar surface area (TPSA) is 47.0 Å². The molecule has 1 saturated carbocycles. The lowest BCUT2D eigenvalue weighted by Gasteiger charge is -2.40. The first kappa shape index (κ1) is 12.8. The van der Waals surface area contributed by atoms with E-state index in [0.29, 0.717) is 0 Å². The first-order valence-electron chi connectivity index (χ1n) is 6.65. The van der Waals surface area contributed by atoms with E-state index in [4.69, 9.17) is 4.74 Å². The Kier molecular flexibility index (Phi) is 3.19. The average Bonchev–Trinajstić information content (AvgIpc) is 2.65. The molecule has 4 nitrogen and oxygen atoms in total. The van der Waals surface area contributed by atoms with Gasteiger partial charge < -0.3 is 10.1 Å². The maximum atomic E-state index is 5.64. The number of aromatic nitrogens is 2. The lowest BCUT2D eigenvalue weighted by atomic mass is 9.80. The Hall–Kier alpha value is -1.20. The molecule has 0 atom stereocenters. The van der Waals surface area contributed by atoms with Gasteiger partial charge in [0.25, 0.3) is 0 Å². The molecule has 0 aromatic carbocycles. The molecule has 0 amide bonds. The van der Waals surface area contributed by atoms with Gasteiger partial charge in [-0.05, 0) is 38.7 Å². The van der Waals surface area contributed by atoms with Crippen molar-refractivity contribution >= 4 is 27.4 Å². The number of methoxy groups -OCH3 is 1. The van der Waals surface area contributed by atoms with Crippen molar-refractivity contribution < 1.29 is 4.74 Å². The Labute approximate surface area is 117 Å². The highest BCUT2D eigenvalue weighted by Gasteiger charge is 2.36. The normalized spacial score (nSPS) is 17.4. The monoisotopic (exact) mass is 277 g/mol. The highest BCUT2D eigenvalue weighted by atomic mass is 32.1. The molecule has 1 N–H and O–H groups in total. The largest absolute Gasteiger partial charge is 0.376 e. The maximum Gasteiger partial charge on any atom is 0.138 e. The molecule has 2 aromatic heterocycles. The predicted octanol–water partition coefficient (Wildman–Crippen LogP) is 3.29. The van der Waals surface area contributed by atoms with Crippen molar-refractivity contribution in [1.29, 1.82) is 0 Å². The second-order valence-corrected chi connectivity index (χ2v) is 6.48. The molecule has 1 fully saturated rings. The minimum Gasteiger partial charge on any atom is -0.376 e. The molecule has 2 heterocycles. The molecule has 2 aromatic rings. The second-order valence-electron chi connectivity index (χ2n) is 5.28. The van der Waals surface area contributed by atoms with E-state index in [0.717, 1.165) is 35.4 Å². The summed E-state index contributed by atoms with van der Waals surface area (Å²) >= 11 is 1.73. The van der Waals surface area contributed by atoms with Crippen LogP contribution >= 0.6 is 11.3 Å². The lowest BCUT2D eigenvalue weighted by molar-refractivity contribution is -0.0601. The summed E-state index contributed by atoms with van der Waals surface area (Å²) in [7, 11) is 1.80. The van der Waals surface area contributed by atoms with Gasteiger partial charge in [0, 0.05) is 18.5 Å². The van der Waals surface area contributed by atoms with E-state index in [9.17, 15) is 0 Å². The van der Waals surface area contributed by atoms with Crippen LogP contribution in [0.2, 0.25) is 0 Å². The molecule has 3 rings (SSSR count). The van der Waals surface area contributed by atoms with Crippen molar-refractivity contribution in [2.24, 2.45) is 0 Å². The number of hydrogen-bond acceptors (Lipinski definition) is 5. The van der Waals surface area contributed by atoms with Crippen molar-refractivity contribution in [3.63, 3.8) is 0 Å². The van der Waals surface area contributed by atoms with E-state index in [1.54, 1.807) is 24.8 Å². The van der Waals surface area contributed by atoms with Crippen LogP contribution in [-0.4, -0.2) is 29.2 Å². The third-order valence-electron chi connectivity index (χ3n) is 4.24. The van der Waals surface area contributed by atoms with E-state index < -0.39 is 0 Å². The fraction of sp³-hybridized carbons (Fsp3) is 0.571. The molecule has 0 bridgehead atoms. The molecule has 102 valence electrons. The average molecular weight is 277 g/mol. The number of nitrogens with zero attached hydrogens (tertiary/aromatic N) is 2. The number of hydrogen-bond donors (Lipinski definition) is 1. The summed E-state index contributed by atoms with van der Waals surface area (Å²) in [5.41, 5.74) is 1.29. The van der Waals surface area contributed by atoms with Crippen LogP contribution in [0.3, 0.4) is 0 Å². The van der Waals surface area contributed by atoms with Gasteiger partial charge in [-0.1, -0.05) is 0 Å². The zero-order valence-electron chi connectivity index (χ0n) is 11.6. The Morgan fingerprint density at radius 3 is 2.79 bits per heavy atom. The van der Waals surface area contributed by atoms with E-state index >= 15 is 0 Å². The standard InChI is InChI=1S/C14H19N3OS/c1-9-10(2)19-13-11(9)12(16-8-17-13)15-7-14(18-3)5-4-6-14/h8H,4-7H2,1-3H3,(H,15,16,17). The first-order valence-corrected chi connectivity index (χ1v) is 7.46. The molecular formula is C14H19N3OS. The lowest BCUT2D eigenvalue weighted by Crippen LogP contribution is -2.45. The van der Waals surface area contributed by atoms with Gasteiger partial charge >= 0.3 is 0 Å². The van der Waals surface area contributed by atoms with E-state index in [1.807, 2.05) is 0 Å². The van der Waals surface area contributed by atoms with Crippen molar-refractivity contribution in [1.82, 2.24) is 9.97 Å². The summed E-state index contributed by atoms with van der Waals surface area (Å²) in [6.07, 6.45) is 5.16. The molecule has 0 unspecified atom stereocenters. The third kappa shape index (κ3) is 2.11. The number of anilines is 1. The van der Waals surface area contributed by atoms with E-state index in [2.05, 4.69) is 29.1 Å². The van der Waals surface area contributed by atoms with Crippen molar-refractivity contribution in [2.45, 2.75) is 38.7 Å². The van der Waals surface area contributed by atoms with Gasteiger partial charge in [0.05, 0.1) is 11.0 Å². The number of fused-ring (bicyclic) bond motifs is 1. The molecule has 1 aliphatic rings. The number of nitrogens with one attached hydrogen (secondary N) is 1. The molecule has 0 saturated heterocycles. The summed E-state index contributed by atoms with van der Waals surface area (Å²) in [4.78, 5) is 11.1. The van der Waals surface area contributed by atoms with Crippen LogP contribution < -0.4 is 5.32 Å². The number of aryl methyl sites for hydroxylation is 2. The molecule has 19 heavy (non-hydrogen) atoms. The molecule has 1 aliphatic carbocycles. The van der Waals surface area contributed by atoms with Gasteiger partial charge in [0.1, 0.15) is 17.0 Å².